The number of methoxy groups -OCH3 is 1. The number of hydrogen-bond donors (Lipinski definition) is 3. The Balaban J connectivity index is 2.50. The molecule has 6 heteroatoms. The van der Waals surface area contributed by atoms with Crippen molar-refractivity contribution in [2.24, 2.45) is 0 Å². The second-order valence-corrected chi connectivity index (χ2v) is 3.98. The number of carbonyl (C=O) groups excluding carboxylic acids is 1. The molecular formula is C14H16N2O4. The molecule has 6 nitrogen and oxygen atoms in total. The Hall–Kier alpha value is -2.68. The summed E-state index contributed by atoms with van der Waals surface area (Å²) in [5.41, 5.74) is 0.836. The number of carboxylic acids is 1. The van der Waals surface area contributed by atoms with Gasteiger partial charge in [0.25, 0.3) is 0 Å². The lowest BCUT2D eigenvalue weighted by atomic mass is 10.2. The molecule has 106 valence electrons. The average Bonchev–Trinajstić information content (AvgIpc) is 2.44. The molecule has 0 aliphatic carbocycles. The van der Waals surface area contributed by atoms with Gasteiger partial charge in [-0.2, -0.15) is 0 Å². The molecule has 1 unspecified atom stereocenters. The maximum Gasteiger partial charge on any atom is 0.327 e. The number of urea groups is 1. The topological polar surface area (TPSA) is 87.7 Å². The Labute approximate surface area is 117 Å². The van der Waals surface area contributed by atoms with Crippen LogP contribution in [0.2, 0.25) is 0 Å². The molecule has 0 fully saturated rings. The minimum atomic E-state index is -1.17. The third-order valence-corrected chi connectivity index (χ3v) is 2.51. The van der Waals surface area contributed by atoms with Crippen LogP contribution < -0.4 is 15.4 Å². The SMILES string of the molecule is C#CCC(NC(=O)NCc1cccc(OC)c1)C(=O)O. The highest BCUT2D eigenvalue weighted by Gasteiger charge is 2.18. The van der Waals surface area contributed by atoms with Crippen LogP contribution in [0, 0.1) is 12.3 Å². The van der Waals surface area contributed by atoms with Crippen molar-refractivity contribution < 1.29 is 19.4 Å². The van der Waals surface area contributed by atoms with Crippen LogP contribution in [0.25, 0.3) is 0 Å². The van der Waals surface area contributed by atoms with Crippen LogP contribution in [-0.2, 0) is 11.3 Å². The lowest BCUT2D eigenvalue weighted by Gasteiger charge is -2.13. The third-order valence-electron chi connectivity index (χ3n) is 2.51. The van der Waals surface area contributed by atoms with Crippen LogP contribution in [0.5, 0.6) is 5.75 Å². The maximum absolute atomic E-state index is 11.6. The summed E-state index contributed by atoms with van der Waals surface area (Å²) in [6, 6.07) is 5.50. The van der Waals surface area contributed by atoms with Gasteiger partial charge in [-0.15, -0.1) is 12.3 Å². The normalized spacial score (nSPS) is 11.0. The van der Waals surface area contributed by atoms with Crippen LogP contribution in [0.4, 0.5) is 4.79 Å². The van der Waals surface area contributed by atoms with Gasteiger partial charge in [0.1, 0.15) is 11.8 Å². The zero-order valence-electron chi connectivity index (χ0n) is 11.1. The number of aliphatic carboxylic acids is 1. The molecule has 3 N–H and O–H groups in total. The van der Waals surface area contributed by atoms with Crippen LogP contribution in [0.1, 0.15) is 12.0 Å². The lowest BCUT2D eigenvalue weighted by molar-refractivity contribution is -0.139. The molecule has 0 aliphatic heterocycles. The second kappa shape index (κ2) is 7.69. The third kappa shape index (κ3) is 4.90. The predicted octanol–water partition coefficient (Wildman–Crippen LogP) is 0.971. The minimum Gasteiger partial charge on any atom is -0.497 e. The summed E-state index contributed by atoms with van der Waals surface area (Å²) in [5, 5.41) is 13.7. The van der Waals surface area contributed by atoms with E-state index < -0.39 is 18.0 Å². The summed E-state index contributed by atoms with van der Waals surface area (Å²) >= 11 is 0. The first-order valence-electron chi connectivity index (χ1n) is 5.90. The summed E-state index contributed by atoms with van der Waals surface area (Å²) in [7, 11) is 1.55. The lowest BCUT2D eigenvalue weighted by Crippen LogP contribution is -2.45. The molecule has 1 aromatic rings. The number of carboxylic acid groups (broad SMARTS) is 1. The molecule has 0 aromatic heterocycles. The number of rotatable bonds is 6. The molecule has 0 saturated carbocycles. The first-order valence-corrected chi connectivity index (χ1v) is 5.90. The highest BCUT2D eigenvalue weighted by Crippen LogP contribution is 2.11. The highest BCUT2D eigenvalue weighted by molar-refractivity contribution is 5.82. The largest absolute Gasteiger partial charge is 0.497 e. The van der Waals surface area contributed by atoms with E-state index in [4.69, 9.17) is 16.3 Å². The molecule has 20 heavy (non-hydrogen) atoms. The van der Waals surface area contributed by atoms with Gasteiger partial charge in [-0.05, 0) is 17.7 Å². The van der Waals surface area contributed by atoms with Crippen LogP contribution >= 0.6 is 0 Å². The quantitative estimate of drug-likeness (QED) is 0.676. The van der Waals surface area contributed by atoms with E-state index in [1.54, 1.807) is 25.3 Å². The standard InChI is InChI=1S/C14H16N2O4/c1-3-5-12(13(17)18)16-14(19)15-9-10-6-4-7-11(8-10)20-2/h1,4,6-8,12H,5,9H2,2H3,(H,17,18)(H2,15,16,19). The monoisotopic (exact) mass is 276 g/mol. The maximum atomic E-state index is 11.6. The van der Waals surface area contributed by atoms with Crippen LogP contribution in [0.15, 0.2) is 24.3 Å². The average molecular weight is 276 g/mol. The van der Waals surface area contributed by atoms with Gasteiger partial charge in [0.05, 0.1) is 7.11 Å². The Bertz CT molecular complexity index is 522. The molecule has 0 aliphatic rings. The van der Waals surface area contributed by atoms with E-state index in [-0.39, 0.29) is 13.0 Å². The smallest absolute Gasteiger partial charge is 0.327 e. The number of nitrogens with one attached hydrogen (secondary N) is 2. The summed E-state index contributed by atoms with van der Waals surface area (Å²) in [5.74, 6) is 1.72. The number of amides is 2. The number of benzene rings is 1. The van der Waals surface area contributed by atoms with Gasteiger partial charge in [0.2, 0.25) is 0 Å². The van der Waals surface area contributed by atoms with Crippen molar-refractivity contribution in [2.75, 3.05) is 7.11 Å². The van der Waals surface area contributed by atoms with E-state index in [9.17, 15) is 9.59 Å². The van der Waals surface area contributed by atoms with Crippen molar-refractivity contribution in [3.63, 3.8) is 0 Å². The molecule has 0 bridgehead atoms. The number of terminal acetylenes is 1. The van der Waals surface area contributed by atoms with E-state index in [0.717, 1.165) is 5.56 Å². The number of ether oxygens (including phenoxy) is 1. The van der Waals surface area contributed by atoms with E-state index in [2.05, 4.69) is 16.6 Å². The zero-order valence-corrected chi connectivity index (χ0v) is 11.1. The van der Waals surface area contributed by atoms with Gasteiger partial charge in [-0.1, -0.05) is 12.1 Å². The van der Waals surface area contributed by atoms with Crippen molar-refractivity contribution in [2.45, 2.75) is 19.0 Å². The predicted molar refractivity (Wildman–Crippen MR) is 73.2 cm³/mol. The fourth-order valence-electron chi connectivity index (χ4n) is 1.49. The van der Waals surface area contributed by atoms with Gasteiger partial charge in [0.15, 0.2) is 0 Å². The number of carbonyl (C=O) groups is 2. The summed E-state index contributed by atoms with van der Waals surface area (Å²) in [4.78, 5) is 22.4. The highest BCUT2D eigenvalue weighted by atomic mass is 16.5. The van der Waals surface area contributed by atoms with E-state index >= 15 is 0 Å². The van der Waals surface area contributed by atoms with E-state index in [1.807, 2.05) is 6.07 Å². The summed E-state index contributed by atoms with van der Waals surface area (Å²) in [6.07, 6.45) is 4.97. The van der Waals surface area contributed by atoms with Gasteiger partial charge in [0, 0.05) is 13.0 Å². The van der Waals surface area contributed by atoms with Gasteiger partial charge < -0.3 is 20.5 Å². The summed E-state index contributed by atoms with van der Waals surface area (Å²) < 4.78 is 5.06. The molecule has 2 amide bonds. The van der Waals surface area contributed by atoms with Crippen LogP contribution in [-0.4, -0.2) is 30.3 Å². The second-order valence-electron chi connectivity index (χ2n) is 3.98. The Morgan fingerprint density at radius 3 is 2.85 bits per heavy atom. The van der Waals surface area contributed by atoms with Gasteiger partial charge in [-0.25, -0.2) is 9.59 Å². The Kier molecular flexibility index (Phi) is 5.91. The molecule has 0 radical (unpaired) electrons. The van der Waals surface area contributed by atoms with E-state index in [1.165, 1.54) is 0 Å². The van der Waals surface area contributed by atoms with Crippen molar-refractivity contribution in [3.05, 3.63) is 29.8 Å². The van der Waals surface area contributed by atoms with Crippen molar-refractivity contribution >= 4 is 12.0 Å². The van der Waals surface area contributed by atoms with Crippen molar-refractivity contribution in [1.29, 1.82) is 0 Å². The summed E-state index contributed by atoms with van der Waals surface area (Å²) in [6.45, 7) is 0.255. The molecule has 0 heterocycles. The molecule has 1 atom stereocenters. The first-order chi connectivity index (χ1) is 9.56. The minimum absolute atomic E-state index is 0.0675. The zero-order chi connectivity index (χ0) is 15.0. The van der Waals surface area contributed by atoms with Crippen molar-refractivity contribution in [1.82, 2.24) is 10.6 Å². The molecule has 0 spiro atoms. The molecule has 1 aromatic carbocycles. The Morgan fingerprint density at radius 2 is 2.25 bits per heavy atom. The number of hydrogen-bond acceptors (Lipinski definition) is 3. The fourth-order valence-corrected chi connectivity index (χ4v) is 1.49. The molecule has 0 saturated heterocycles. The fraction of sp³-hybridized carbons (Fsp3) is 0.286. The van der Waals surface area contributed by atoms with Gasteiger partial charge >= 0.3 is 12.0 Å². The first kappa shape index (κ1) is 15.4. The van der Waals surface area contributed by atoms with Crippen molar-refractivity contribution in [3.8, 4) is 18.1 Å². The Morgan fingerprint density at radius 1 is 1.50 bits per heavy atom. The van der Waals surface area contributed by atoms with Crippen LogP contribution in [0.3, 0.4) is 0 Å². The van der Waals surface area contributed by atoms with E-state index in [0.29, 0.717) is 5.75 Å². The molecule has 1 rings (SSSR count). The molecular weight excluding hydrogens is 260 g/mol. The van der Waals surface area contributed by atoms with Gasteiger partial charge in [-0.3, -0.25) is 0 Å².